The molecule has 30 heavy (non-hydrogen) atoms. The molecule has 0 unspecified atom stereocenters. The Balaban J connectivity index is 1.53. The number of aliphatic hydroxyl groups excluding tert-OH is 1. The van der Waals surface area contributed by atoms with Gasteiger partial charge < -0.3 is 15.5 Å². The zero-order chi connectivity index (χ0) is 21.3. The molecule has 0 bridgehead atoms. The average Bonchev–Trinajstić information content (AvgIpc) is 3.42. The molecule has 2 aliphatic rings. The van der Waals surface area contributed by atoms with Gasteiger partial charge in [0.05, 0.1) is 22.2 Å². The number of thiazole rings is 1. The minimum atomic E-state index is -0.185. The zero-order valence-electron chi connectivity index (χ0n) is 16.9. The summed E-state index contributed by atoms with van der Waals surface area (Å²) in [5.74, 6) is 1.05. The van der Waals surface area contributed by atoms with E-state index in [1.807, 2.05) is 17.5 Å². The molecular weight excluding hydrogens is 418 g/mol. The van der Waals surface area contributed by atoms with Gasteiger partial charge in [-0.3, -0.25) is 9.79 Å². The topological polar surface area (TPSA) is 94.8 Å². The molecule has 2 heterocycles. The lowest BCUT2D eigenvalue weighted by Gasteiger charge is -2.23. The van der Waals surface area contributed by atoms with Gasteiger partial charge in [0.25, 0.3) is 5.91 Å². The number of hydrogen-bond acceptors (Lipinski definition) is 7. The van der Waals surface area contributed by atoms with Crippen LogP contribution in [0.25, 0.3) is 16.6 Å². The van der Waals surface area contributed by atoms with Crippen molar-refractivity contribution >= 4 is 40.2 Å². The number of carbonyl (C=O) groups is 1. The Morgan fingerprint density at radius 2 is 2.13 bits per heavy atom. The summed E-state index contributed by atoms with van der Waals surface area (Å²) in [6, 6.07) is 7.10. The van der Waals surface area contributed by atoms with Crippen LogP contribution >= 0.6 is 23.1 Å². The Morgan fingerprint density at radius 3 is 2.87 bits per heavy atom. The van der Waals surface area contributed by atoms with Gasteiger partial charge in [0.1, 0.15) is 10.8 Å². The van der Waals surface area contributed by atoms with Gasteiger partial charge in [-0.2, -0.15) is 0 Å². The van der Waals surface area contributed by atoms with Crippen LogP contribution in [0.2, 0.25) is 0 Å². The van der Waals surface area contributed by atoms with Crippen molar-refractivity contribution in [1.29, 1.82) is 0 Å². The molecule has 0 radical (unpaired) electrons. The maximum atomic E-state index is 12.5. The number of aliphatic imine (C=N–C) groups is 1. The quantitative estimate of drug-likeness (QED) is 0.604. The fourth-order valence-electron chi connectivity index (χ4n) is 4.11. The van der Waals surface area contributed by atoms with Crippen LogP contribution in [0.15, 0.2) is 39.5 Å². The van der Waals surface area contributed by atoms with Crippen LogP contribution in [-0.4, -0.2) is 38.9 Å². The number of nitrogens with one attached hydrogen (secondary N) is 1. The Bertz CT molecular complexity index is 999. The number of amides is 1. The molecule has 3 atom stereocenters. The molecule has 2 aromatic rings. The van der Waals surface area contributed by atoms with Crippen LogP contribution in [-0.2, 0) is 4.79 Å². The molecule has 1 saturated carbocycles. The van der Waals surface area contributed by atoms with Crippen molar-refractivity contribution in [2.24, 2.45) is 22.7 Å². The molecule has 6 nitrogen and oxygen atoms in total. The summed E-state index contributed by atoms with van der Waals surface area (Å²) in [5, 5.41) is 25.8. The predicted octanol–water partition coefficient (Wildman–Crippen LogP) is 4.12. The molecule has 0 spiro atoms. The number of nitrogens with zero attached hydrogens (tertiary/aromatic N) is 2. The van der Waals surface area contributed by atoms with E-state index < -0.39 is 0 Å². The second-order valence-corrected chi connectivity index (χ2v) is 9.90. The van der Waals surface area contributed by atoms with E-state index in [1.54, 1.807) is 18.2 Å². The van der Waals surface area contributed by atoms with Crippen LogP contribution in [0.5, 0.6) is 5.75 Å². The highest BCUT2D eigenvalue weighted by atomic mass is 32.2. The number of para-hydroxylation sites is 1. The molecule has 2 fully saturated rings. The van der Waals surface area contributed by atoms with Crippen LogP contribution in [0.3, 0.4) is 0 Å². The van der Waals surface area contributed by atoms with Gasteiger partial charge >= 0.3 is 0 Å². The van der Waals surface area contributed by atoms with Crippen molar-refractivity contribution < 1.29 is 15.0 Å². The first-order valence-electron chi connectivity index (χ1n) is 10.1. The first-order valence-corrected chi connectivity index (χ1v) is 11.8. The number of thioether (sulfide) groups is 1. The lowest BCUT2D eigenvalue weighted by atomic mass is 9.89. The Labute approximate surface area is 184 Å². The lowest BCUT2D eigenvalue weighted by Crippen LogP contribution is -2.29. The maximum Gasteiger partial charge on any atom is 0.264 e. The zero-order valence-corrected chi connectivity index (χ0v) is 18.5. The smallest absolute Gasteiger partial charge is 0.264 e. The van der Waals surface area contributed by atoms with Gasteiger partial charge in [-0.25, -0.2) is 4.98 Å². The largest absolute Gasteiger partial charge is 0.507 e. The lowest BCUT2D eigenvalue weighted by molar-refractivity contribution is -0.115. The summed E-state index contributed by atoms with van der Waals surface area (Å²) < 4.78 is 0. The van der Waals surface area contributed by atoms with Crippen molar-refractivity contribution in [2.45, 2.75) is 32.7 Å². The average molecular weight is 444 g/mol. The van der Waals surface area contributed by atoms with Gasteiger partial charge in [0.2, 0.25) is 0 Å². The molecule has 1 aromatic heterocycles. The van der Waals surface area contributed by atoms with Crippen LogP contribution in [0, 0.1) is 17.8 Å². The number of aliphatic hydroxyl groups is 1. The molecular formula is C22H25N3O3S2. The summed E-state index contributed by atoms with van der Waals surface area (Å²) in [5.41, 5.74) is 1.35. The fraction of sp³-hybridized carbons (Fsp3) is 0.409. The van der Waals surface area contributed by atoms with Crippen LogP contribution in [0.4, 0.5) is 0 Å². The molecule has 1 aliphatic heterocycles. The number of benzene rings is 1. The normalized spacial score (nSPS) is 26.8. The van der Waals surface area contributed by atoms with Crippen molar-refractivity contribution in [1.82, 2.24) is 10.3 Å². The number of carbonyl (C=O) groups excluding carboxylic acids is 1. The molecule has 4 rings (SSSR count). The van der Waals surface area contributed by atoms with Crippen molar-refractivity contribution in [3.8, 4) is 16.3 Å². The summed E-state index contributed by atoms with van der Waals surface area (Å²) in [7, 11) is 0. The monoisotopic (exact) mass is 443 g/mol. The number of aromatic nitrogens is 1. The second kappa shape index (κ2) is 8.91. The maximum absolute atomic E-state index is 12.5. The number of phenols is 1. The molecule has 1 saturated heterocycles. The third-order valence-electron chi connectivity index (χ3n) is 5.74. The molecule has 1 aromatic carbocycles. The minimum Gasteiger partial charge on any atom is -0.507 e. The number of rotatable bonds is 5. The van der Waals surface area contributed by atoms with E-state index in [1.165, 1.54) is 23.1 Å². The number of aromatic hydroxyl groups is 1. The van der Waals surface area contributed by atoms with E-state index in [9.17, 15) is 15.0 Å². The van der Waals surface area contributed by atoms with Gasteiger partial charge in [-0.15, -0.1) is 11.3 Å². The highest BCUT2D eigenvalue weighted by Gasteiger charge is 2.38. The molecule has 158 valence electrons. The van der Waals surface area contributed by atoms with Crippen molar-refractivity contribution in [3.05, 3.63) is 40.2 Å². The molecule has 1 amide bonds. The van der Waals surface area contributed by atoms with E-state index >= 15 is 0 Å². The highest BCUT2D eigenvalue weighted by molar-refractivity contribution is 8.18. The molecule has 8 heteroatoms. The summed E-state index contributed by atoms with van der Waals surface area (Å²) in [4.78, 5) is 22.4. The van der Waals surface area contributed by atoms with Crippen LogP contribution < -0.4 is 5.32 Å². The summed E-state index contributed by atoms with van der Waals surface area (Å²) in [6.07, 6.45) is 3.77. The van der Waals surface area contributed by atoms with Gasteiger partial charge in [-0.1, -0.05) is 26.0 Å². The fourth-order valence-corrected chi connectivity index (χ4v) is 5.78. The minimum absolute atomic E-state index is 0.0316. The van der Waals surface area contributed by atoms with E-state index in [0.717, 1.165) is 12.8 Å². The Hall–Kier alpha value is -2.16. The van der Waals surface area contributed by atoms with Gasteiger partial charge in [0.15, 0.2) is 5.17 Å². The van der Waals surface area contributed by atoms with Gasteiger partial charge in [-0.05, 0) is 54.6 Å². The summed E-state index contributed by atoms with van der Waals surface area (Å²) >= 11 is 2.74. The highest BCUT2D eigenvalue weighted by Crippen LogP contribution is 2.39. The van der Waals surface area contributed by atoms with Crippen LogP contribution in [0.1, 0.15) is 32.4 Å². The number of phenolic OH excluding ortho intramolecular Hbond substituents is 1. The first kappa shape index (κ1) is 21.1. The van der Waals surface area contributed by atoms with Crippen molar-refractivity contribution in [2.75, 3.05) is 6.61 Å². The SMILES string of the molecule is CC(C)[C@@H]1CC[C@@H](CO)[C@H]1N=C1NC(=O)/C(=C\c2csc(-c3ccccc3O)n2)S1. The first-order chi connectivity index (χ1) is 14.5. The van der Waals surface area contributed by atoms with E-state index in [2.05, 4.69) is 24.1 Å². The Morgan fingerprint density at radius 1 is 1.33 bits per heavy atom. The standard InChI is InChI=1S/C22H25N3O3S2/c1-12(2)15-8-7-13(10-26)19(15)24-22-25-20(28)18(30-22)9-14-11-29-21(23-14)16-5-3-4-6-17(16)27/h3-6,9,11-13,15,19,26-27H,7-8,10H2,1-2H3,(H,24,25,28)/b18-9+/t13-,15-,19+/m0/s1. The number of hydrogen-bond donors (Lipinski definition) is 3. The van der Waals surface area contributed by atoms with E-state index in [0.29, 0.717) is 38.2 Å². The molecule has 1 aliphatic carbocycles. The third-order valence-corrected chi connectivity index (χ3v) is 7.55. The second-order valence-electron chi connectivity index (χ2n) is 8.01. The molecule has 3 N–H and O–H groups in total. The predicted molar refractivity (Wildman–Crippen MR) is 122 cm³/mol. The van der Waals surface area contributed by atoms with Gasteiger partial charge in [0, 0.05) is 17.9 Å². The van der Waals surface area contributed by atoms with E-state index in [-0.39, 0.29) is 30.2 Å². The third kappa shape index (κ3) is 4.31. The summed E-state index contributed by atoms with van der Waals surface area (Å²) in [6.45, 7) is 4.50. The van der Waals surface area contributed by atoms with E-state index in [4.69, 9.17) is 4.99 Å². The number of amidine groups is 1. The Kier molecular flexibility index (Phi) is 6.26. The van der Waals surface area contributed by atoms with Crippen molar-refractivity contribution in [3.63, 3.8) is 0 Å².